The number of likely N-dealkylation sites (tertiary alicyclic amines) is 1. The first kappa shape index (κ1) is 24.0. The number of piperidine rings is 1. The molecule has 2 aliphatic heterocycles. The van der Waals surface area contributed by atoms with Gasteiger partial charge >= 0.3 is 6.18 Å². The molecule has 2 fully saturated rings. The molecule has 0 radical (unpaired) electrons. The van der Waals surface area contributed by atoms with Crippen LogP contribution in [-0.4, -0.2) is 65.1 Å². The standard InChI is InChI=1S/C20H25F4N5O3S/c1-13-9-19(12-27(2)33(31,32)29(19)15-5-3-4-14(21)8-15)6-7-28(13)11-17-25-10-16(30)18(26-17)20(22,23)24/h3-5,8,10,13,30-32H,6-7,9,11-12H2,1-2H3/t13-,19+/m0/s1. The molecule has 0 bridgehead atoms. The number of aromatic hydroxyl groups is 1. The number of hydrogen-bond acceptors (Lipinski definition) is 8. The van der Waals surface area contributed by atoms with Crippen LogP contribution >= 0.6 is 11.0 Å². The van der Waals surface area contributed by atoms with Crippen LogP contribution < -0.4 is 4.31 Å². The molecule has 2 aliphatic rings. The van der Waals surface area contributed by atoms with Gasteiger partial charge in [0.05, 0.1) is 24.0 Å². The highest BCUT2D eigenvalue weighted by Crippen LogP contribution is 2.61. The van der Waals surface area contributed by atoms with Gasteiger partial charge in [-0.2, -0.15) is 17.5 Å². The molecule has 4 rings (SSSR count). The summed E-state index contributed by atoms with van der Waals surface area (Å²) in [6, 6.07) is 5.49. The molecule has 0 aliphatic carbocycles. The van der Waals surface area contributed by atoms with Gasteiger partial charge in [0.25, 0.3) is 0 Å². The van der Waals surface area contributed by atoms with Crippen LogP contribution in [0.3, 0.4) is 0 Å². The molecule has 2 saturated heterocycles. The highest BCUT2D eigenvalue weighted by atomic mass is 32.3. The molecule has 0 amide bonds. The van der Waals surface area contributed by atoms with Crippen molar-refractivity contribution in [2.24, 2.45) is 0 Å². The zero-order chi connectivity index (χ0) is 24.2. The summed E-state index contributed by atoms with van der Waals surface area (Å²) in [4.78, 5) is 9.25. The molecule has 1 spiro atoms. The Bertz CT molecular complexity index is 1040. The maximum Gasteiger partial charge on any atom is 0.437 e. The van der Waals surface area contributed by atoms with Gasteiger partial charge in [0.2, 0.25) is 0 Å². The number of alkyl halides is 3. The highest BCUT2D eigenvalue weighted by Gasteiger charge is 2.55. The number of rotatable bonds is 3. The lowest BCUT2D eigenvalue weighted by Gasteiger charge is -2.51. The number of halogens is 4. The van der Waals surface area contributed by atoms with E-state index in [0.717, 1.165) is 6.20 Å². The van der Waals surface area contributed by atoms with Gasteiger partial charge in [0, 0.05) is 26.2 Å². The molecule has 2 atom stereocenters. The van der Waals surface area contributed by atoms with Gasteiger partial charge < -0.3 is 5.11 Å². The second-order valence-corrected chi connectivity index (χ2v) is 10.5. The molecular weight excluding hydrogens is 466 g/mol. The van der Waals surface area contributed by atoms with Gasteiger partial charge in [-0.05, 0) is 38.0 Å². The number of benzene rings is 1. The molecule has 2 aromatic rings. The first-order chi connectivity index (χ1) is 15.3. The fourth-order valence-corrected chi connectivity index (χ4v) is 6.61. The van der Waals surface area contributed by atoms with Gasteiger partial charge in [-0.1, -0.05) is 17.0 Å². The Balaban J connectivity index is 1.58. The van der Waals surface area contributed by atoms with Crippen LogP contribution in [0.1, 0.15) is 31.3 Å². The van der Waals surface area contributed by atoms with E-state index in [1.165, 1.54) is 26.8 Å². The lowest BCUT2D eigenvalue weighted by Crippen LogP contribution is -2.57. The summed E-state index contributed by atoms with van der Waals surface area (Å²) < 4.78 is 77.9. The van der Waals surface area contributed by atoms with E-state index in [0.29, 0.717) is 31.6 Å². The van der Waals surface area contributed by atoms with Crippen LogP contribution in [0.4, 0.5) is 23.2 Å². The Kier molecular flexibility index (Phi) is 5.98. The maximum atomic E-state index is 13.9. The Morgan fingerprint density at radius 1 is 1.27 bits per heavy atom. The predicted octanol–water partition coefficient (Wildman–Crippen LogP) is 4.10. The van der Waals surface area contributed by atoms with Crippen LogP contribution in [0.5, 0.6) is 5.75 Å². The first-order valence-electron chi connectivity index (χ1n) is 10.3. The van der Waals surface area contributed by atoms with Crippen LogP contribution in [0.15, 0.2) is 30.5 Å². The van der Waals surface area contributed by atoms with E-state index in [4.69, 9.17) is 0 Å². The average Bonchev–Trinajstić information content (AvgIpc) is 2.89. The van der Waals surface area contributed by atoms with Crippen molar-refractivity contribution in [2.45, 2.75) is 44.1 Å². The minimum atomic E-state index is -4.80. The first-order valence-corrected chi connectivity index (χ1v) is 11.7. The lowest BCUT2D eigenvalue weighted by atomic mass is 9.83. The zero-order valence-corrected chi connectivity index (χ0v) is 18.8. The van der Waals surface area contributed by atoms with Crippen molar-refractivity contribution in [1.29, 1.82) is 0 Å². The molecule has 1 aromatic heterocycles. The third-order valence-corrected chi connectivity index (χ3v) is 8.30. The van der Waals surface area contributed by atoms with Gasteiger partial charge in [0.15, 0.2) is 11.4 Å². The fourth-order valence-electron chi connectivity index (χ4n) is 4.78. The average molecular weight is 492 g/mol. The summed E-state index contributed by atoms with van der Waals surface area (Å²) >= 11 is 0. The van der Waals surface area contributed by atoms with E-state index < -0.39 is 39.9 Å². The van der Waals surface area contributed by atoms with Crippen LogP contribution in [0.2, 0.25) is 0 Å². The molecule has 33 heavy (non-hydrogen) atoms. The second kappa shape index (κ2) is 8.24. The SMILES string of the molecule is C[C@H]1C[C@]2(CCN1Cc1ncc(O)c(C(F)(F)F)n1)CN(C)S(O)(O)N2c1cccc(F)c1. The van der Waals surface area contributed by atoms with Crippen molar-refractivity contribution in [1.82, 2.24) is 19.2 Å². The Morgan fingerprint density at radius 2 is 2.00 bits per heavy atom. The van der Waals surface area contributed by atoms with E-state index in [1.54, 1.807) is 13.1 Å². The van der Waals surface area contributed by atoms with Crippen LogP contribution in [0, 0.1) is 5.82 Å². The third-order valence-electron chi connectivity index (χ3n) is 6.25. The molecule has 8 nitrogen and oxygen atoms in total. The van der Waals surface area contributed by atoms with E-state index >= 15 is 0 Å². The number of nitrogens with zero attached hydrogens (tertiary/aromatic N) is 5. The quantitative estimate of drug-likeness (QED) is 0.553. The number of hydrogen-bond donors (Lipinski definition) is 3. The molecular formula is C20H25F4N5O3S. The molecule has 13 heteroatoms. The summed E-state index contributed by atoms with van der Waals surface area (Å²) in [6.45, 7) is 2.67. The predicted molar refractivity (Wildman–Crippen MR) is 115 cm³/mol. The van der Waals surface area contributed by atoms with Gasteiger partial charge in [-0.25, -0.2) is 14.4 Å². The normalized spacial score (nSPS) is 27.3. The monoisotopic (exact) mass is 491 g/mol. The summed E-state index contributed by atoms with van der Waals surface area (Å²) in [7, 11) is -1.77. The van der Waals surface area contributed by atoms with E-state index in [2.05, 4.69) is 9.97 Å². The molecule has 3 N–H and O–H groups in total. The van der Waals surface area contributed by atoms with Crippen LogP contribution in [0.25, 0.3) is 0 Å². The van der Waals surface area contributed by atoms with Crippen molar-refractivity contribution in [2.75, 3.05) is 24.4 Å². The Labute approximate surface area is 190 Å². The Morgan fingerprint density at radius 3 is 2.64 bits per heavy atom. The lowest BCUT2D eigenvalue weighted by molar-refractivity contribution is -0.142. The highest BCUT2D eigenvalue weighted by molar-refractivity contribution is 8.23. The summed E-state index contributed by atoms with van der Waals surface area (Å²) in [6.07, 6.45) is -3.14. The molecule has 3 heterocycles. The third kappa shape index (κ3) is 4.35. The van der Waals surface area contributed by atoms with Crippen molar-refractivity contribution < 1.29 is 31.8 Å². The number of likely N-dealkylation sites (N-methyl/N-ethyl adjacent to an activating group) is 1. The summed E-state index contributed by atoms with van der Waals surface area (Å²) in [5.41, 5.74) is -1.72. The smallest absolute Gasteiger partial charge is 0.437 e. The summed E-state index contributed by atoms with van der Waals surface area (Å²) in [5.74, 6) is -1.59. The van der Waals surface area contributed by atoms with Gasteiger partial charge in [0.1, 0.15) is 11.6 Å². The largest absolute Gasteiger partial charge is 0.504 e. The fraction of sp³-hybridized carbons (Fsp3) is 0.500. The van der Waals surface area contributed by atoms with E-state index in [9.17, 15) is 31.8 Å². The minimum Gasteiger partial charge on any atom is -0.504 e. The van der Waals surface area contributed by atoms with Crippen molar-refractivity contribution >= 4 is 16.6 Å². The van der Waals surface area contributed by atoms with E-state index in [-0.39, 0.29) is 18.4 Å². The molecule has 182 valence electrons. The van der Waals surface area contributed by atoms with Gasteiger partial charge in [-0.15, -0.1) is 0 Å². The topological polar surface area (TPSA) is 96.2 Å². The maximum absolute atomic E-state index is 13.9. The van der Waals surface area contributed by atoms with Gasteiger partial charge in [-0.3, -0.25) is 18.3 Å². The van der Waals surface area contributed by atoms with Crippen molar-refractivity contribution in [3.63, 3.8) is 0 Å². The van der Waals surface area contributed by atoms with Crippen LogP contribution in [-0.2, 0) is 12.7 Å². The zero-order valence-electron chi connectivity index (χ0n) is 18.0. The van der Waals surface area contributed by atoms with Crippen molar-refractivity contribution in [3.8, 4) is 5.75 Å². The minimum absolute atomic E-state index is 0.0344. The second-order valence-electron chi connectivity index (χ2n) is 8.57. The summed E-state index contributed by atoms with van der Waals surface area (Å²) in [5, 5.41) is 9.46. The molecule has 0 unspecified atom stereocenters. The van der Waals surface area contributed by atoms with Crippen molar-refractivity contribution in [3.05, 3.63) is 47.8 Å². The molecule has 0 saturated carbocycles. The van der Waals surface area contributed by atoms with E-state index in [1.807, 2.05) is 11.8 Å². The molecule has 1 aromatic carbocycles. The Hall–Kier alpha value is -2.19. The number of anilines is 1. The number of aromatic nitrogens is 2.